The highest BCUT2D eigenvalue weighted by atomic mass is 16.5. The Morgan fingerprint density at radius 2 is 1.69 bits per heavy atom. The molecule has 4 rings (SSSR count). The van der Waals surface area contributed by atoms with Crippen LogP contribution in [0.3, 0.4) is 0 Å². The van der Waals surface area contributed by atoms with Gasteiger partial charge in [0.1, 0.15) is 13.2 Å². The highest BCUT2D eigenvalue weighted by Gasteiger charge is 2.33. The molecule has 0 bridgehead atoms. The molecular weight excluding hydrogens is 448 g/mol. The van der Waals surface area contributed by atoms with Crippen LogP contribution in [0.15, 0.2) is 48.5 Å². The normalized spacial score (nSPS) is 18.5. The van der Waals surface area contributed by atoms with E-state index in [0.29, 0.717) is 0 Å². The molecule has 0 radical (unpaired) electrons. The number of amides is 2. The summed E-state index contributed by atoms with van der Waals surface area (Å²) in [6, 6.07) is 16.2. The number of nitrogens with one attached hydrogen (secondary N) is 1. The lowest BCUT2D eigenvalue weighted by molar-refractivity contribution is -0.145. The van der Waals surface area contributed by atoms with Crippen molar-refractivity contribution in [3.63, 3.8) is 0 Å². The molecule has 0 aliphatic heterocycles. The Hall–Kier alpha value is -3.39. The molecule has 0 saturated heterocycles. The number of carbonyl (C=O) groups is 3. The van der Waals surface area contributed by atoms with Crippen molar-refractivity contribution in [3.05, 3.63) is 59.7 Å². The maximum Gasteiger partial charge on any atom is 0.407 e. The fourth-order valence-corrected chi connectivity index (χ4v) is 5.27. The van der Waals surface area contributed by atoms with Gasteiger partial charge in [-0.1, -0.05) is 55.0 Å². The molecule has 186 valence electrons. The van der Waals surface area contributed by atoms with Gasteiger partial charge in [-0.25, -0.2) is 4.79 Å². The number of methoxy groups -OCH3 is 1. The lowest BCUT2D eigenvalue weighted by atomic mass is 9.98. The van der Waals surface area contributed by atoms with Gasteiger partial charge in [0.25, 0.3) is 0 Å². The van der Waals surface area contributed by atoms with Crippen LogP contribution >= 0.6 is 0 Å². The predicted molar refractivity (Wildman–Crippen MR) is 130 cm³/mol. The van der Waals surface area contributed by atoms with Crippen LogP contribution in [0.4, 0.5) is 4.79 Å². The SMILES string of the molecule is COCCN(CC(=O)O)C(=O)C[C@@H]1CCC[C@H]1NC(=O)OCC1c2ccccc2-c2ccccc21. The lowest BCUT2D eigenvalue weighted by Gasteiger charge is -2.25. The monoisotopic (exact) mass is 480 g/mol. The zero-order valence-corrected chi connectivity index (χ0v) is 19.9. The van der Waals surface area contributed by atoms with Gasteiger partial charge in [-0.05, 0) is 41.0 Å². The van der Waals surface area contributed by atoms with Crippen LogP contribution in [0.2, 0.25) is 0 Å². The molecule has 1 saturated carbocycles. The fourth-order valence-electron chi connectivity index (χ4n) is 5.27. The van der Waals surface area contributed by atoms with Gasteiger partial charge >= 0.3 is 12.1 Å². The number of hydrogen-bond acceptors (Lipinski definition) is 5. The molecule has 2 aliphatic carbocycles. The second-order valence-electron chi connectivity index (χ2n) is 9.17. The molecule has 2 N–H and O–H groups in total. The van der Waals surface area contributed by atoms with Crippen molar-refractivity contribution in [1.29, 1.82) is 0 Å². The third-order valence-electron chi connectivity index (χ3n) is 6.99. The molecule has 2 atom stereocenters. The van der Waals surface area contributed by atoms with Gasteiger partial charge < -0.3 is 24.8 Å². The molecule has 0 unspecified atom stereocenters. The number of ether oxygens (including phenoxy) is 2. The van der Waals surface area contributed by atoms with Crippen molar-refractivity contribution in [3.8, 4) is 11.1 Å². The Bertz CT molecular complexity index is 1030. The smallest absolute Gasteiger partial charge is 0.407 e. The molecule has 8 nitrogen and oxygen atoms in total. The molecule has 0 heterocycles. The first-order chi connectivity index (χ1) is 17.0. The highest BCUT2D eigenvalue weighted by Crippen LogP contribution is 2.44. The molecule has 1 fully saturated rings. The van der Waals surface area contributed by atoms with Crippen molar-refractivity contribution in [1.82, 2.24) is 10.2 Å². The van der Waals surface area contributed by atoms with E-state index in [0.717, 1.165) is 30.4 Å². The van der Waals surface area contributed by atoms with Gasteiger partial charge in [0.2, 0.25) is 5.91 Å². The van der Waals surface area contributed by atoms with Gasteiger partial charge in [-0.2, -0.15) is 0 Å². The van der Waals surface area contributed by atoms with Crippen LogP contribution in [0.25, 0.3) is 11.1 Å². The summed E-state index contributed by atoms with van der Waals surface area (Å²) in [7, 11) is 1.51. The summed E-state index contributed by atoms with van der Waals surface area (Å²) >= 11 is 0. The molecule has 2 aromatic carbocycles. The molecule has 2 aliphatic rings. The fraction of sp³-hybridized carbons (Fsp3) is 0.444. The number of rotatable bonds is 10. The summed E-state index contributed by atoms with van der Waals surface area (Å²) < 4.78 is 10.7. The third kappa shape index (κ3) is 5.82. The number of nitrogens with zero attached hydrogens (tertiary/aromatic N) is 1. The van der Waals surface area contributed by atoms with Crippen molar-refractivity contribution in [2.24, 2.45) is 5.92 Å². The number of carbonyl (C=O) groups excluding carboxylic acids is 2. The standard InChI is InChI=1S/C27H32N2O6/c1-34-14-13-29(16-26(31)32)25(30)15-18-7-6-12-24(18)28-27(33)35-17-23-21-10-4-2-8-19(21)20-9-3-5-11-22(20)23/h2-5,8-11,18,23-24H,6-7,12-17H2,1H3,(H,28,33)(H,31,32)/t18-,24+/m0/s1. The Balaban J connectivity index is 1.33. The van der Waals surface area contributed by atoms with Crippen LogP contribution < -0.4 is 5.32 Å². The van der Waals surface area contributed by atoms with E-state index in [4.69, 9.17) is 14.6 Å². The molecule has 35 heavy (non-hydrogen) atoms. The van der Waals surface area contributed by atoms with E-state index in [1.807, 2.05) is 24.3 Å². The molecule has 2 aromatic rings. The van der Waals surface area contributed by atoms with E-state index in [1.165, 1.54) is 23.1 Å². The van der Waals surface area contributed by atoms with Crippen molar-refractivity contribution >= 4 is 18.0 Å². The quantitative estimate of drug-likeness (QED) is 0.538. The molecule has 0 aromatic heterocycles. The predicted octanol–water partition coefficient (Wildman–Crippen LogP) is 3.64. The maximum atomic E-state index is 12.8. The maximum absolute atomic E-state index is 12.8. The summed E-state index contributed by atoms with van der Waals surface area (Å²) in [4.78, 5) is 37.9. The number of aliphatic carboxylic acids is 1. The Labute approximate surface area is 205 Å². The van der Waals surface area contributed by atoms with Crippen molar-refractivity contribution in [2.75, 3.05) is 33.4 Å². The largest absolute Gasteiger partial charge is 0.480 e. The Morgan fingerprint density at radius 3 is 2.31 bits per heavy atom. The van der Waals surface area contributed by atoms with Crippen LogP contribution in [-0.2, 0) is 19.1 Å². The van der Waals surface area contributed by atoms with Crippen LogP contribution in [0, 0.1) is 5.92 Å². The van der Waals surface area contributed by atoms with Gasteiger partial charge in [0.15, 0.2) is 0 Å². The van der Waals surface area contributed by atoms with Crippen molar-refractivity contribution in [2.45, 2.75) is 37.6 Å². The van der Waals surface area contributed by atoms with E-state index in [9.17, 15) is 14.4 Å². The summed E-state index contributed by atoms with van der Waals surface area (Å²) in [5.74, 6) is -1.37. The zero-order valence-electron chi connectivity index (χ0n) is 19.9. The number of carboxylic acids is 1. The van der Waals surface area contributed by atoms with Crippen LogP contribution in [-0.4, -0.2) is 67.4 Å². The van der Waals surface area contributed by atoms with Gasteiger partial charge in [0.05, 0.1) is 6.61 Å². The minimum atomic E-state index is -1.06. The highest BCUT2D eigenvalue weighted by molar-refractivity contribution is 5.82. The first-order valence-electron chi connectivity index (χ1n) is 12.1. The van der Waals surface area contributed by atoms with E-state index in [2.05, 4.69) is 29.6 Å². The minimum absolute atomic E-state index is 0.0144. The van der Waals surface area contributed by atoms with E-state index in [-0.39, 0.29) is 56.5 Å². The molecular formula is C27H32N2O6. The van der Waals surface area contributed by atoms with Gasteiger partial charge in [-0.3, -0.25) is 9.59 Å². The van der Waals surface area contributed by atoms with Gasteiger partial charge in [-0.15, -0.1) is 0 Å². The minimum Gasteiger partial charge on any atom is -0.480 e. The Kier molecular flexibility index (Phi) is 8.02. The van der Waals surface area contributed by atoms with E-state index >= 15 is 0 Å². The summed E-state index contributed by atoms with van der Waals surface area (Å²) in [5.41, 5.74) is 4.65. The number of hydrogen-bond donors (Lipinski definition) is 2. The summed E-state index contributed by atoms with van der Waals surface area (Å²) in [6.07, 6.45) is 2.15. The molecule has 8 heteroatoms. The summed E-state index contributed by atoms with van der Waals surface area (Å²) in [6.45, 7) is 0.364. The summed E-state index contributed by atoms with van der Waals surface area (Å²) in [5, 5.41) is 12.1. The average Bonchev–Trinajstić information content (AvgIpc) is 3.41. The molecule has 0 spiro atoms. The second-order valence-corrected chi connectivity index (χ2v) is 9.17. The topological polar surface area (TPSA) is 105 Å². The Morgan fingerprint density at radius 1 is 1.03 bits per heavy atom. The second kappa shape index (κ2) is 11.4. The van der Waals surface area contributed by atoms with Crippen LogP contribution in [0.1, 0.15) is 42.7 Å². The first-order valence-corrected chi connectivity index (χ1v) is 12.1. The number of carboxylic acid groups (broad SMARTS) is 1. The van der Waals surface area contributed by atoms with Crippen LogP contribution in [0.5, 0.6) is 0 Å². The lowest BCUT2D eigenvalue weighted by Crippen LogP contribution is -2.42. The zero-order chi connectivity index (χ0) is 24.8. The van der Waals surface area contributed by atoms with E-state index in [1.54, 1.807) is 0 Å². The first kappa shape index (κ1) is 24.7. The number of alkyl carbamates (subject to hydrolysis) is 1. The van der Waals surface area contributed by atoms with Gasteiger partial charge in [0, 0.05) is 32.0 Å². The van der Waals surface area contributed by atoms with Crippen molar-refractivity contribution < 1.29 is 29.0 Å². The van der Waals surface area contributed by atoms with E-state index < -0.39 is 12.1 Å². The molecule has 2 amide bonds. The average molecular weight is 481 g/mol. The number of fused-ring (bicyclic) bond motifs is 3. The number of benzene rings is 2. The third-order valence-corrected chi connectivity index (χ3v) is 6.99.